The summed E-state index contributed by atoms with van der Waals surface area (Å²) < 4.78 is 0.662. The third kappa shape index (κ3) is 4.73. The summed E-state index contributed by atoms with van der Waals surface area (Å²) in [5, 5.41) is 16.0. The molecule has 0 bridgehead atoms. The Bertz CT molecular complexity index is 1390. The first-order valence-corrected chi connectivity index (χ1v) is 14.1. The zero-order valence-corrected chi connectivity index (χ0v) is 21.2. The molecule has 0 radical (unpaired) electrons. The van der Waals surface area contributed by atoms with Gasteiger partial charge in [-0.25, -0.2) is 9.97 Å². The molecule has 2 fully saturated rings. The number of aromatic nitrogens is 2. The van der Waals surface area contributed by atoms with Gasteiger partial charge in [-0.1, -0.05) is 23.9 Å². The third-order valence-electron chi connectivity index (χ3n) is 5.68. The standard InChI is InChI=1S/C22H18N4O5S4/c27-13-9-15(35-18-16(13)23-4-5-24-18)33-7-3-22(21(30)31)10-26-19(29)17(20(26)34-11-22)25-14(28)8-12-2-1-6-32-12/h1-7,9,17,20H,8,10-11H2,(H,25,28)(H,30,31)/t17?,20-,22?/m1/s1. The lowest BCUT2D eigenvalue weighted by Crippen LogP contribution is -2.73. The van der Waals surface area contributed by atoms with Crippen LogP contribution in [0, 0.1) is 5.41 Å². The fraction of sp³-hybridized carbons (Fsp3) is 0.273. The highest BCUT2D eigenvalue weighted by molar-refractivity contribution is 8.04. The Balaban J connectivity index is 1.25. The van der Waals surface area contributed by atoms with Crippen LogP contribution in [0.15, 0.2) is 56.5 Å². The van der Waals surface area contributed by atoms with Crippen molar-refractivity contribution in [1.82, 2.24) is 20.2 Å². The number of β-lactam (4-membered cyclic amide) rings is 1. The molecule has 13 heteroatoms. The smallest absolute Gasteiger partial charge is 0.316 e. The monoisotopic (exact) mass is 546 g/mol. The number of amides is 2. The quantitative estimate of drug-likeness (QED) is 0.339. The van der Waals surface area contributed by atoms with Gasteiger partial charge in [-0.05, 0) is 16.9 Å². The Morgan fingerprint density at radius 2 is 2.14 bits per heavy atom. The van der Waals surface area contributed by atoms with Gasteiger partial charge in [-0.3, -0.25) is 19.2 Å². The fourth-order valence-electron chi connectivity index (χ4n) is 3.85. The first-order chi connectivity index (χ1) is 16.9. The summed E-state index contributed by atoms with van der Waals surface area (Å²) in [6.07, 6.45) is 4.77. The number of rotatable bonds is 7. The van der Waals surface area contributed by atoms with Gasteiger partial charge >= 0.3 is 5.97 Å². The normalized spacial score (nSPS) is 23.8. The maximum Gasteiger partial charge on any atom is 0.316 e. The van der Waals surface area contributed by atoms with Gasteiger partial charge in [0.05, 0.1) is 10.6 Å². The predicted octanol–water partition coefficient (Wildman–Crippen LogP) is 2.43. The molecule has 0 aliphatic carbocycles. The number of hydrogen-bond donors (Lipinski definition) is 2. The van der Waals surface area contributed by atoms with Gasteiger partial charge in [0.1, 0.15) is 27.2 Å². The van der Waals surface area contributed by atoms with Crippen molar-refractivity contribution in [2.24, 2.45) is 5.41 Å². The van der Waals surface area contributed by atoms with Gasteiger partial charge in [0.15, 0.2) is 0 Å². The molecule has 2 amide bonds. The second-order valence-corrected chi connectivity index (χ2v) is 12.4. The Morgan fingerprint density at radius 3 is 2.91 bits per heavy atom. The van der Waals surface area contributed by atoms with E-state index in [4.69, 9.17) is 0 Å². The summed E-state index contributed by atoms with van der Waals surface area (Å²) in [7, 11) is 0. The molecular formula is C22H18N4O5S4. The molecule has 35 heavy (non-hydrogen) atoms. The Labute approximate surface area is 215 Å². The van der Waals surface area contributed by atoms with E-state index in [0.717, 1.165) is 4.88 Å². The molecule has 3 atom stereocenters. The predicted molar refractivity (Wildman–Crippen MR) is 137 cm³/mol. The minimum atomic E-state index is -1.27. The zero-order chi connectivity index (χ0) is 24.6. The van der Waals surface area contributed by atoms with Crippen LogP contribution in [-0.2, 0) is 20.8 Å². The van der Waals surface area contributed by atoms with E-state index in [9.17, 15) is 24.3 Å². The van der Waals surface area contributed by atoms with Gasteiger partial charge < -0.3 is 15.3 Å². The lowest BCUT2D eigenvalue weighted by Gasteiger charge is -2.53. The summed E-state index contributed by atoms with van der Waals surface area (Å²) in [6.45, 7) is 0.0205. The van der Waals surface area contributed by atoms with Gasteiger partial charge in [-0.2, -0.15) is 0 Å². The molecule has 2 saturated heterocycles. The Kier molecular flexibility index (Phi) is 6.66. The van der Waals surface area contributed by atoms with Crippen molar-refractivity contribution >= 4 is 74.3 Å². The summed E-state index contributed by atoms with van der Waals surface area (Å²) in [5.41, 5.74) is -1.21. The molecule has 0 saturated carbocycles. The number of carbonyl (C=O) groups excluding carboxylic acids is 2. The van der Waals surface area contributed by atoms with Crippen molar-refractivity contribution in [3.8, 4) is 0 Å². The van der Waals surface area contributed by atoms with E-state index in [2.05, 4.69) is 15.3 Å². The van der Waals surface area contributed by atoms with Crippen molar-refractivity contribution < 1.29 is 19.5 Å². The summed E-state index contributed by atoms with van der Waals surface area (Å²) in [6, 6.07) is 4.54. The molecule has 2 aliphatic rings. The number of nitrogens with zero attached hydrogens (tertiary/aromatic N) is 3. The lowest BCUT2D eigenvalue weighted by atomic mass is 9.87. The minimum absolute atomic E-state index is 0.0205. The minimum Gasteiger partial charge on any atom is -0.481 e. The average Bonchev–Trinajstić information content (AvgIpc) is 3.35. The van der Waals surface area contributed by atoms with Gasteiger partial charge in [-0.15, -0.1) is 34.4 Å². The van der Waals surface area contributed by atoms with Gasteiger partial charge in [0.25, 0.3) is 0 Å². The van der Waals surface area contributed by atoms with Crippen molar-refractivity contribution in [2.45, 2.75) is 22.0 Å². The molecule has 2 aliphatic heterocycles. The number of fused-ring (bicyclic) bond motifs is 2. The van der Waals surface area contributed by atoms with E-state index in [1.165, 1.54) is 69.6 Å². The van der Waals surface area contributed by atoms with E-state index >= 15 is 0 Å². The van der Waals surface area contributed by atoms with Crippen LogP contribution in [0.2, 0.25) is 0 Å². The highest BCUT2D eigenvalue weighted by atomic mass is 32.2. The SMILES string of the molecule is O=C(Cc1cccs1)NC1C(=O)N2CC(C=CSc3cc(=O)c4nccnc4s3)(C(=O)O)CS[C@H]12. The van der Waals surface area contributed by atoms with Crippen LogP contribution >= 0.6 is 46.2 Å². The van der Waals surface area contributed by atoms with E-state index in [-0.39, 0.29) is 41.3 Å². The number of thiophene rings is 1. The molecule has 180 valence electrons. The number of nitrogens with one attached hydrogen (secondary N) is 1. The molecule has 0 aromatic carbocycles. The van der Waals surface area contributed by atoms with Crippen LogP contribution in [0.3, 0.4) is 0 Å². The van der Waals surface area contributed by atoms with E-state index in [1.807, 2.05) is 17.5 Å². The first-order valence-electron chi connectivity index (χ1n) is 10.4. The summed E-state index contributed by atoms with van der Waals surface area (Å²) in [5.74, 6) is -1.28. The molecule has 2 unspecified atom stereocenters. The lowest BCUT2D eigenvalue weighted by molar-refractivity contribution is -0.156. The van der Waals surface area contributed by atoms with Crippen LogP contribution in [0.1, 0.15) is 4.88 Å². The molecular weight excluding hydrogens is 529 g/mol. The molecule has 5 heterocycles. The van der Waals surface area contributed by atoms with E-state index in [0.29, 0.717) is 14.6 Å². The third-order valence-corrected chi connectivity index (χ3v) is 10.1. The Hall–Kier alpha value is -2.74. The fourth-order valence-corrected chi connectivity index (χ4v) is 8.02. The zero-order valence-electron chi connectivity index (χ0n) is 17.9. The Morgan fingerprint density at radius 1 is 1.31 bits per heavy atom. The van der Waals surface area contributed by atoms with Crippen molar-refractivity contribution in [1.29, 1.82) is 0 Å². The van der Waals surface area contributed by atoms with Crippen LogP contribution < -0.4 is 10.7 Å². The molecule has 5 rings (SSSR count). The van der Waals surface area contributed by atoms with Crippen LogP contribution in [0.4, 0.5) is 0 Å². The summed E-state index contributed by atoms with van der Waals surface area (Å²) in [4.78, 5) is 60.7. The van der Waals surface area contributed by atoms with Crippen molar-refractivity contribution in [3.63, 3.8) is 0 Å². The largest absolute Gasteiger partial charge is 0.481 e. The summed E-state index contributed by atoms with van der Waals surface area (Å²) >= 11 is 5.35. The molecule has 9 nitrogen and oxygen atoms in total. The van der Waals surface area contributed by atoms with Crippen LogP contribution in [0.25, 0.3) is 10.3 Å². The number of hydrogen-bond acceptors (Lipinski definition) is 10. The second kappa shape index (κ2) is 9.72. The van der Waals surface area contributed by atoms with Crippen molar-refractivity contribution in [3.05, 3.63) is 62.6 Å². The van der Waals surface area contributed by atoms with Crippen molar-refractivity contribution in [2.75, 3.05) is 12.3 Å². The number of thioether (sulfide) groups is 2. The molecule has 2 N–H and O–H groups in total. The number of carboxylic acid groups (broad SMARTS) is 1. The molecule has 3 aromatic rings. The number of carboxylic acids is 1. The van der Waals surface area contributed by atoms with Crippen LogP contribution in [-0.4, -0.2) is 61.5 Å². The van der Waals surface area contributed by atoms with Gasteiger partial charge in [0.2, 0.25) is 17.2 Å². The second-order valence-electron chi connectivity index (χ2n) is 7.99. The van der Waals surface area contributed by atoms with E-state index < -0.39 is 17.4 Å². The molecule has 0 spiro atoms. The maximum atomic E-state index is 12.7. The topological polar surface area (TPSA) is 130 Å². The molecule has 3 aromatic heterocycles. The first kappa shape index (κ1) is 24.0. The highest BCUT2D eigenvalue weighted by Crippen LogP contribution is 2.43. The van der Waals surface area contributed by atoms with E-state index in [1.54, 1.807) is 11.5 Å². The number of aliphatic carboxylic acids is 1. The average molecular weight is 547 g/mol. The van der Waals surface area contributed by atoms with Crippen LogP contribution in [0.5, 0.6) is 0 Å². The maximum absolute atomic E-state index is 12.7. The van der Waals surface area contributed by atoms with Gasteiger partial charge in [0, 0.05) is 35.6 Å². The number of carbonyl (C=O) groups is 3. The highest BCUT2D eigenvalue weighted by Gasteiger charge is 2.56.